The zero-order valence-corrected chi connectivity index (χ0v) is 10.8. The van der Waals surface area contributed by atoms with E-state index in [0.717, 1.165) is 0 Å². The van der Waals surface area contributed by atoms with E-state index in [1.807, 2.05) is 6.07 Å². The zero-order chi connectivity index (χ0) is 14.5. The molecule has 2 aromatic rings. The number of benzene rings is 1. The summed E-state index contributed by atoms with van der Waals surface area (Å²) in [4.78, 5) is 4.17. The number of aromatic nitrogens is 1. The molecule has 1 aromatic carbocycles. The SMILES string of the molecule is N#Cc1c(NCCN)cc(-c2ccccc2O)nc1N. The molecule has 0 amide bonds. The lowest BCUT2D eigenvalue weighted by molar-refractivity contribution is 0.477. The lowest BCUT2D eigenvalue weighted by Crippen LogP contribution is -2.14. The van der Waals surface area contributed by atoms with Crippen molar-refractivity contribution in [3.8, 4) is 23.1 Å². The van der Waals surface area contributed by atoms with Crippen LogP contribution in [0.1, 0.15) is 5.56 Å². The van der Waals surface area contributed by atoms with Gasteiger partial charge in [-0.3, -0.25) is 0 Å². The van der Waals surface area contributed by atoms with Crippen molar-refractivity contribution in [1.82, 2.24) is 4.98 Å². The van der Waals surface area contributed by atoms with Gasteiger partial charge in [0.15, 0.2) is 0 Å². The minimum atomic E-state index is 0.105. The van der Waals surface area contributed by atoms with Crippen LogP contribution in [0.5, 0.6) is 5.75 Å². The Bertz CT molecular complexity index is 663. The molecular formula is C14H15N5O. The minimum absolute atomic E-state index is 0.105. The van der Waals surface area contributed by atoms with Gasteiger partial charge in [0.05, 0.1) is 11.4 Å². The van der Waals surface area contributed by atoms with Gasteiger partial charge in [0, 0.05) is 18.7 Å². The lowest BCUT2D eigenvalue weighted by atomic mass is 10.1. The minimum Gasteiger partial charge on any atom is -0.507 e. The average molecular weight is 269 g/mol. The van der Waals surface area contributed by atoms with Gasteiger partial charge in [0.1, 0.15) is 23.2 Å². The summed E-state index contributed by atoms with van der Waals surface area (Å²) >= 11 is 0. The fraction of sp³-hybridized carbons (Fsp3) is 0.143. The molecule has 0 aliphatic carbocycles. The number of nitrogen functional groups attached to an aromatic ring is 1. The Hall–Kier alpha value is -2.78. The van der Waals surface area contributed by atoms with Gasteiger partial charge < -0.3 is 21.9 Å². The molecule has 0 spiro atoms. The Labute approximate surface area is 116 Å². The van der Waals surface area contributed by atoms with Gasteiger partial charge in [0.2, 0.25) is 0 Å². The quantitative estimate of drug-likeness (QED) is 0.663. The highest BCUT2D eigenvalue weighted by Gasteiger charge is 2.13. The number of para-hydroxylation sites is 1. The van der Waals surface area contributed by atoms with Crippen LogP contribution in [-0.4, -0.2) is 23.2 Å². The monoisotopic (exact) mass is 269 g/mol. The molecule has 0 saturated heterocycles. The molecule has 6 nitrogen and oxygen atoms in total. The van der Waals surface area contributed by atoms with Crippen molar-refractivity contribution < 1.29 is 5.11 Å². The molecule has 6 N–H and O–H groups in total. The summed E-state index contributed by atoms with van der Waals surface area (Å²) in [5.74, 6) is 0.224. The van der Waals surface area contributed by atoms with Crippen molar-refractivity contribution in [2.75, 3.05) is 24.1 Å². The molecule has 0 aliphatic rings. The molecule has 6 heteroatoms. The number of phenolic OH excluding ortho intramolecular Hbond substituents is 1. The number of anilines is 2. The van der Waals surface area contributed by atoms with E-state index in [2.05, 4.69) is 10.3 Å². The summed E-state index contributed by atoms with van der Waals surface area (Å²) in [6.45, 7) is 0.942. The molecule has 0 atom stereocenters. The van der Waals surface area contributed by atoms with Gasteiger partial charge in [-0.15, -0.1) is 0 Å². The Morgan fingerprint density at radius 3 is 2.75 bits per heavy atom. The van der Waals surface area contributed by atoms with E-state index in [-0.39, 0.29) is 17.1 Å². The smallest absolute Gasteiger partial charge is 0.144 e. The first-order valence-corrected chi connectivity index (χ1v) is 6.10. The van der Waals surface area contributed by atoms with Crippen molar-refractivity contribution in [2.24, 2.45) is 5.73 Å². The van der Waals surface area contributed by atoms with Crippen molar-refractivity contribution >= 4 is 11.5 Å². The van der Waals surface area contributed by atoms with Crippen LogP contribution in [0.2, 0.25) is 0 Å². The zero-order valence-electron chi connectivity index (χ0n) is 10.8. The third-order valence-corrected chi connectivity index (χ3v) is 2.80. The molecule has 1 heterocycles. The number of aromatic hydroxyl groups is 1. The van der Waals surface area contributed by atoms with Gasteiger partial charge >= 0.3 is 0 Å². The maximum atomic E-state index is 9.86. The maximum absolute atomic E-state index is 9.86. The first-order chi connectivity index (χ1) is 9.67. The molecule has 1 aromatic heterocycles. The molecule has 0 fully saturated rings. The number of nitriles is 1. The van der Waals surface area contributed by atoms with Crippen LogP contribution in [0.25, 0.3) is 11.3 Å². The standard InChI is InChI=1S/C14H15N5O/c15-5-6-18-11-7-12(19-14(17)10(11)8-16)9-3-1-2-4-13(9)20/h1-4,7,20H,5-6,15H2,(H3,17,18,19). The van der Waals surface area contributed by atoms with E-state index >= 15 is 0 Å². The van der Waals surface area contributed by atoms with E-state index in [1.54, 1.807) is 30.3 Å². The lowest BCUT2D eigenvalue weighted by Gasteiger charge is -2.12. The first kappa shape index (κ1) is 13.6. The number of pyridine rings is 1. The number of nitrogens with two attached hydrogens (primary N) is 2. The summed E-state index contributed by atoms with van der Waals surface area (Å²) in [6, 6.07) is 10.5. The largest absolute Gasteiger partial charge is 0.507 e. The number of rotatable bonds is 4. The highest BCUT2D eigenvalue weighted by atomic mass is 16.3. The fourth-order valence-electron chi connectivity index (χ4n) is 1.86. The Balaban J connectivity index is 2.54. The van der Waals surface area contributed by atoms with Crippen molar-refractivity contribution in [2.45, 2.75) is 0 Å². The third-order valence-electron chi connectivity index (χ3n) is 2.80. The summed E-state index contributed by atoms with van der Waals surface area (Å²) < 4.78 is 0. The second-order valence-corrected chi connectivity index (χ2v) is 4.16. The third kappa shape index (κ3) is 2.63. The van der Waals surface area contributed by atoms with Crippen LogP contribution in [0.15, 0.2) is 30.3 Å². The van der Waals surface area contributed by atoms with Gasteiger partial charge in [-0.25, -0.2) is 4.98 Å². The molecule has 102 valence electrons. The van der Waals surface area contributed by atoms with E-state index in [0.29, 0.717) is 30.0 Å². The van der Waals surface area contributed by atoms with Crippen LogP contribution in [-0.2, 0) is 0 Å². The molecule has 0 saturated carbocycles. The number of nitrogens with one attached hydrogen (secondary N) is 1. The fourth-order valence-corrected chi connectivity index (χ4v) is 1.86. The van der Waals surface area contributed by atoms with E-state index in [1.165, 1.54) is 0 Å². The van der Waals surface area contributed by atoms with Crippen LogP contribution in [0.3, 0.4) is 0 Å². The summed E-state index contributed by atoms with van der Waals surface area (Å²) in [6.07, 6.45) is 0. The summed E-state index contributed by atoms with van der Waals surface area (Å²) in [5, 5.41) is 22.0. The topological polar surface area (TPSA) is 121 Å². The highest BCUT2D eigenvalue weighted by Crippen LogP contribution is 2.31. The van der Waals surface area contributed by atoms with Crippen LogP contribution >= 0.6 is 0 Å². The van der Waals surface area contributed by atoms with Crippen LogP contribution in [0.4, 0.5) is 11.5 Å². The Morgan fingerprint density at radius 2 is 2.10 bits per heavy atom. The number of nitrogens with zero attached hydrogens (tertiary/aromatic N) is 2. The molecule has 0 aliphatic heterocycles. The molecule has 2 rings (SSSR count). The molecule has 20 heavy (non-hydrogen) atoms. The van der Waals surface area contributed by atoms with Crippen LogP contribution < -0.4 is 16.8 Å². The molecular weight excluding hydrogens is 254 g/mol. The van der Waals surface area contributed by atoms with Gasteiger partial charge in [-0.1, -0.05) is 12.1 Å². The summed E-state index contributed by atoms with van der Waals surface area (Å²) in [7, 11) is 0. The van der Waals surface area contributed by atoms with Crippen molar-refractivity contribution in [1.29, 1.82) is 5.26 Å². The molecule has 0 unspecified atom stereocenters. The van der Waals surface area contributed by atoms with E-state index < -0.39 is 0 Å². The van der Waals surface area contributed by atoms with Crippen molar-refractivity contribution in [3.63, 3.8) is 0 Å². The predicted octanol–water partition coefficient (Wildman–Crippen LogP) is 1.28. The van der Waals surface area contributed by atoms with Crippen LogP contribution in [0, 0.1) is 11.3 Å². The normalized spacial score (nSPS) is 10.0. The number of phenols is 1. The average Bonchev–Trinajstić information content (AvgIpc) is 2.45. The number of hydrogen-bond donors (Lipinski definition) is 4. The van der Waals surface area contributed by atoms with E-state index in [9.17, 15) is 5.11 Å². The Kier molecular flexibility index (Phi) is 4.03. The maximum Gasteiger partial charge on any atom is 0.144 e. The molecule has 0 radical (unpaired) electrons. The molecule has 0 bridgehead atoms. The van der Waals surface area contributed by atoms with Gasteiger partial charge in [0.25, 0.3) is 0 Å². The second kappa shape index (κ2) is 5.91. The number of hydrogen-bond acceptors (Lipinski definition) is 6. The van der Waals surface area contributed by atoms with Gasteiger partial charge in [-0.2, -0.15) is 5.26 Å². The van der Waals surface area contributed by atoms with Gasteiger partial charge in [-0.05, 0) is 18.2 Å². The Morgan fingerprint density at radius 1 is 1.35 bits per heavy atom. The second-order valence-electron chi connectivity index (χ2n) is 4.16. The first-order valence-electron chi connectivity index (χ1n) is 6.10. The van der Waals surface area contributed by atoms with Crippen molar-refractivity contribution in [3.05, 3.63) is 35.9 Å². The predicted molar refractivity (Wildman–Crippen MR) is 78.0 cm³/mol. The summed E-state index contributed by atoms with van der Waals surface area (Å²) in [5.41, 5.74) is 13.1. The van der Waals surface area contributed by atoms with E-state index in [4.69, 9.17) is 16.7 Å². The highest BCUT2D eigenvalue weighted by molar-refractivity contribution is 5.76.